The molecular formula is C21H28N3OS+. The van der Waals surface area contributed by atoms with Crippen LogP contribution in [-0.2, 0) is 6.54 Å². The second-order valence-corrected chi connectivity index (χ2v) is 8.87. The highest BCUT2D eigenvalue weighted by Crippen LogP contribution is 2.25. The topological polar surface area (TPSA) is 45.6 Å². The molecule has 2 atom stereocenters. The molecule has 4 rings (SSSR count). The van der Waals surface area contributed by atoms with E-state index in [1.54, 1.807) is 4.90 Å². The second-order valence-electron chi connectivity index (χ2n) is 7.84. The van der Waals surface area contributed by atoms with E-state index in [1.807, 2.05) is 43.4 Å². The third kappa shape index (κ3) is 3.64. The van der Waals surface area contributed by atoms with E-state index in [-0.39, 0.29) is 6.03 Å². The molecule has 26 heavy (non-hydrogen) atoms. The van der Waals surface area contributed by atoms with E-state index in [9.17, 15) is 4.79 Å². The zero-order valence-corrected chi connectivity index (χ0v) is 16.4. The first-order valence-corrected chi connectivity index (χ1v) is 10.5. The molecule has 3 heterocycles. The molecule has 4 nitrogen and oxygen atoms in total. The first-order valence-electron chi connectivity index (χ1n) is 9.62. The van der Waals surface area contributed by atoms with Gasteiger partial charge in [-0.1, -0.05) is 24.3 Å². The van der Waals surface area contributed by atoms with Crippen molar-refractivity contribution >= 4 is 23.1 Å². The van der Waals surface area contributed by atoms with Crippen LogP contribution >= 0.6 is 11.3 Å². The molecule has 2 aliphatic heterocycles. The van der Waals surface area contributed by atoms with Crippen LogP contribution in [0.1, 0.15) is 41.7 Å². The van der Waals surface area contributed by atoms with Crippen LogP contribution in [0.4, 0.5) is 10.5 Å². The summed E-state index contributed by atoms with van der Waals surface area (Å²) in [4.78, 5) is 15.7. The lowest BCUT2D eigenvalue weighted by atomic mass is 9.97. The van der Waals surface area contributed by atoms with Crippen molar-refractivity contribution in [3.05, 3.63) is 51.7 Å². The molecule has 0 spiro atoms. The Labute approximate surface area is 159 Å². The molecule has 0 radical (unpaired) electrons. The molecule has 2 bridgehead atoms. The van der Waals surface area contributed by atoms with Crippen LogP contribution in [0.2, 0.25) is 0 Å². The summed E-state index contributed by atoms with van der Waals surface area (Å²) in [7, 11) is 0. The number of aryl methyl sites for hydroxylation is 2. The molecule has 2 aromatic rings. The van der Waals surface area contributed by atoms with E-state index in [0.717, 1.165) is 36.2 Å². The number of urea groups is 1. The van der Waals surface area contributed by atoms with Gasteiger partial charge >= 0.3 is 6.03 Å². The Morgan fingerprint density at radius 3 is 2.42 bits per heavy atom. The standard InChI is InChI=1S/C21H27N3OS/c1-14-5-3-6-15(2)20(14)23-21(25)22-16-11-17-8-9-18(12-16)24(17)13-19-7-4-10-26-19/h3-7,10,16-18H,8-9,11-13H2,1-2H3,(H2,22,23,25)/p+1/t17-,18-/m1/s1. The van der Waals surface area contributed by atoms with E-state index in [0.29, 0.717) is 18.1 Å². The third-order valence-corrected chi connectivity index (χ3v) is 6.94. The van der Waals surface area contributed by atoms with Crippen LogP contribution in [-0.4, -0.2) is 24.2 Å². The maximum Gasteiger partial charge on any atom is 0.319 e. The molecule has 0 aliphatic carbocycles. The average Bonchev–Trinajstić information content (AvgIpc) is 3.18. The smallest absolute Gasteiger partial charge is 0.319 e. The zero-order valence-electron chi connectivity index (χ0n) is 15.5. The summed E-state index contributed by atoms with van der Waals surface area (Å²) < 4.78 is 0. The van der Waals surface area contributed by atoms with Crippen LogP contribution in [0.3, 0.4) is 0 Å². The first-order chi connectivity index (χ1) is 12.6. The molecule has 2 saturated heterocycles. The molecule has 2 amide bonds. The normalized spacial score (nSPS) is 27.3. The lowest BCUT2D eigenvalue weighted by Gasteiger charge is -2.36. The number of carbonyl (C=O) groups is 1. The fourth-order valence-corrected chi connectivity index (χ4v) is 5.53. The minimum absolute atomic E-state index is 0.0616. The SMILES string of the molecule is Cc1cccc(C)c1NC(=O)NC1C[C@H]2CC[C@H](C1)[NH+]2Cc1cccs1. The molecular weight excluding hydrogens is 342 g/mol. The number of fused-ring (bicyclic) bond motifs is 2. The molecule has 0 unspecified atom stereocenters. The number of hydrogen-bond donors (Lipinski definition) is 3. The minimum Gasteiger partial charge on any atom is -0.335 e. The lowest BCUT2D eigenvalue weighted by Crippen LogP contribution is -3.17. The van der Waals surface area contributed by atoms with Gasteiger partial charge in [0.2, 0.25) is 0 Å². The van der Waals surface area contributed by atoms with E-state index in [2.05, 4.69) is 28.1 Å². The number of amides is 2. The number of quaternary nitrogens is 1. The fraction of sp³-hybridized carbons (Fsp3) is 0.476. The van der Waals surface area contributed by atoms with Gasteiger partial charge in [0.1, 0.15) is 6.54 Å². The van der Waals surface area contributed by atoms with Crippen molar-refractivity contribution in [1.29, 1.82) is 0 Å². The summed E-state index contributed by atoms with van der Waals surface area (Å²) in [5.41, 5.74) is 3.15. The number of nitrogens with one attached hydrogen (secondary N) is 3. The molecule has 3 N–H and O–H groups in total. The van der Waals surface area contributed by atoms with Gasteiger partial charge in [0.25, 0.3) is 0 Å². The highest BCUT2D eigenvalue weighted by molar-refractivity contribution is 7.09. The van der Waals surface area contributed by atoms with Crippen LogP contribution in [0.25, 0.3) is 0 Å². The molecule has 138 valence electrons. The maximum absolute atomic E-state index is 12.5. The van der Waals surface area contributed by atoms with Gasteiger partial charge in [-0.15, -0.1) is 11.3 Å². The molecule has 1 aromatic heterocycles. The quantitative estimate of drug-likeness (QED) is 0.760. The molecule has 0 saturated carbocycles. The molecule has 2 fully saturated rings. The average molecular weight is 371 g/mol. The van der Waals surface area contributed by atoms with Crippen molar-refractivity contribution in [2.45, 2.75) is 64.2 Å². The maximum atomic E-state index is 12.5. The van der Waals surface area contributed by atoms with E-state index in [4.69, 9.17) is 0 Å². The van der Waals surface area contributed by atoms with Crippen molar-refractivity contribution < 1.29 is 9.69 Å². The highest BCUT2D eigenvalue weighted by Gasteiger charge is 2.44. The van der Waals surface area contributed by atoms with Crippen molar-refractivity contribution in [3.8, 4) is 0 Å². The monoisotopic (exact) mass is 370 g/mol. The number of anilines is 1. The number of para-hydroxylation sites is 1. The number of carbonyl (C=O) groups excluding carboxylic acids is 1. The highest BCUT2D eigenvalue weighted by atomic mass is 32.1. The first kappa shape index (κ1) is 17.6. The fourth-order valence-electron chi connectivity index (χ4n) is 4.80. The molecule has 2 aliphatic rings. The number of benzene rings is 1. The van der Waals surface area contributed by atoms with Gasteiger partial charge < -0.3 is 15.5 Å². The molecule has 1 aromatic carbocycles. The number of hydrogen-bond acceptors (Lipinski definition) is 2. The predicted molar refractivity (Wildman–Crippen MR) is 107 cm³/mol. The zero-order chi connectivity index (χ0) is 18.1. The van der Waals surface area contributed by atoms with Crippen LogP contribution in [0.15, 0.2) is 35.7 Å². The van der Waals surface area contributed by atoms with Gasteiger partial charge in [-0.2, -0.15) is 0 Å². The Morgan fingerprint density at radius 2 is 1.81 bits per heavy atom. The van der Waals surface area contributed by atoms with Crippen molar-refractivity contribution in [2.24, 2.45) is 0 Å². The Hall–Kier alpha value is -1.85. The van der Waals surface area contributed by atoms with Crippen molar-refractivity contribution in [1.82, 2.24) is 5.32 Å². The van der Waals surface area contributed by atoms with Crippen LogP contribution in [0, 0.1) is 13.8 Å². The number of thiophene rings is 1. The summed E-state index contributed by atoms with van der Waals surface area (Å²) in [6, 6.07) is 12.1. The number of piperidine rings is 1. The van der Waals surface area contributed by atoms with Gasteiger partial charge in [0.05, 0.1) is 17.0 Å². The van der Waals surface area contributed by atoms with Gasteiger partial charge in [-0.25, -0.2) is 4.79 Å². The Morgan fingerprint density at radius 1 is 1.12 bits per heavy atom. The van der Waals surface area contributed by atoms with E-state index < -0.39 is 0 Å². The van der Waals surface area contributed by atoms with Crippen molar-refractivity contribution in [3.63, 3.8) is 0 Å². The Bertz CT molecular complexity index is 739. The third-order valence-electron chi connectivity index (χ3n) is 6.06. The lowest BCUT2D eigenvalue weighted by molar-refractivity contribution is -0.954. The van der Waals surface area contributed by atoms with Crippen molar-refractivity contribution in [2.75, 3.05) is 5.32 Å². The summed E-state index contributed by atoms with van der Waals surface area (Å²) in [5, 5.41) is 8.48. The minimum atomic E-state index is -0.0616. The van der Waals surface area contributed by atoms with Crippen LogP contribution < -0.4 is 15.5 Å². The summed E-state index contributed by atoms with van der Waals surface area (Å²) >= 11 is 1.86. The summed E-state index contributed by atoms with van der Waals surface area (Å²) in [6.07, 6.45) is 4.78. The van der Waals surface area contributed by atoms with E-state index in [1.165, 1.54) is 17.7 Å². The van der Waals surface area contributed by atoms with E-state index >= 15 is 0 Å². The molecule has 5 heteroatoms. The largest absolute Gasteiger partial charge is 0.335 e. The second kappa shape index (κ2) is 7.41. The Balaban J connectivity index is 1.35. The summed E-state index contributed by atoms with van der Waals surface area (Å²) in [6.45, 7) is 5.22. The van der Waals surface area contributed by atoms with Gasteiger partial charge in [-0.3, -0.25) is 0 Å². The summed E-state index contributed by atoms with van der Waals surface area (Å²) in [5.74, 6) is 0. The van der Waals surface area contributed by atoms with Gasteiger partial charge in [-0.05, 0) is 36.4 Å². The predicted octanol–water partition coefficient (Wildman–Crippen LogP) is 3.26. The number of rotatable bonds is 4. The Kier molecular flexibility index (Phi) is 5.00. The van der Waals surface area contributed by atoms with Gasteiger partial charge in [0.15, 0.2) is 0 Å². The van der Waals surface area contributed by atoms with Crippen LogP contribution in [0.5, 0.6) is 0 Å². The van der Waals surface area contributed by atoms with Gasteiger partial charge in [0, 0.05) is 37.4 Å².